The molecule has 1 heterocycles. The monoisotopic (exact) mass is 388 g/mol. The summed E-state index contributed by atoms with van der Waals surface area (Å²) in [4.78, 5) is 12.7. The minimum atomic E-state index is -3.55. The van der Waals surface area contributed by atoms with Crippen molar-refractivity contribution < 1.29 is 13.2 Å². The molecule has 0 aliphatic heterocycles. The number of hydrogen-bond donors (Lipinski definition) is 2. The highest BCUT2D eigenvalue weighted by atomic mass is 79.9. The van der Waals surface area contributed by atoms with Crippen molar-refractivity contribution in [1.82, 2.24) is 4.72 Å². The van der Waals surface area contributed by atoms with E-state index in [1.807, 2.05) is 0 Å². The lowest BCUT2D eigenvalue weighted by Crippen LogP contribution is -2.20. The summed E-state index contributed by atoms with van der Waals surface area (Å²) in [6.45, 7) is 1.70. The maximum absolute atomic E-state index is 12.1. The summed E-state index contributed by atoms with van der Waals surface area (Å²) in [7, 11) is -2.20. The summed E-state index contributed by atoms with van der Waals surface area (Å²) in [5.74, 6) is -0.276. The van der Waals surface area contributed by atoms with Gasteiger partial charge in [0.1, 0.15) is 0 Å². The second-order valence-corrected chi connectivity index (χ2v) is 8.56. The summed E-state index contributed by atoms with van der Waals surface area (Å²) >= 11 is 4.60. The number of anilines is 1. The Morgan fingerprint density at radius 1 is 1.24 bits per heavy atom. The standard InChI is InChI=1S/C13H13BrN2O3S2/c1-8-3-4-9(7-11(8)21(18,19)15-2)16-13(17)10-5-6-12(14)20-10/h3-7,15H,1-2H3,(H,16,17). The predicted molar refractivity (Wildman–Crippen MR) is 87.4 cm³/mol. The molecule has 0 saturated heterocycles. The van der Waals surface area contributed by atoms with Gasteiger partial charge in [0.15, 0.2) is 0 Å². The average Bonchev–Trinajstić information content (AvgIpc) is 2.87. The van der Waals surface area contributed by atoms with E-state index in [4.69, 9.17) is 0 Å². The first-order valence-corrected chi connectivity index (χ1v) is 9.03. The number of rotatable bonds is 4. The van der Waals surface area contributed by atoms with Crippen molar-refractivity contribution in [2.24, 2.45) is 0 Å². The molecule has 2 aromatic rings. The Morgan fingerprint density at radius 3 is 2.52 bits per heavy atom. The number of aryl methyl sites for hydroxylation is 1. The Morgan fingerprint density at radius 2 is 1.95 bits per heavy atom. The van der Waals surface area contributed by atoms with Gasteiger partial charge in [-0.15, -0.1) is 11.3 Å². The highest BCUT2D eigenvalue weighted by Crippen LogP contribution is 2.24. The van der Waals surface area contributed by atoms with Crippen molar-refractivity contribution in [1.29, 1.82) is 0 Å². The van der Waals surface area contributed by atoms with Crippen LogP contribution in [0.3, 0.4) is 0 Å². The molecule has 8 heteroatoms. The molecule has 0 aliphatic rings. The number of benzene rings is 1. The first kappa shape index (κ1) is 16.2. The van der Waals surface area contributed by atoms with Gasteiger partial charge in [0.25, 0.3) is 5.91 Å². The molecular formula is C13H13BrN2O3S2. The van der Waals surface area contributed by atoms with Crippen molar-refractivity contribution in [2.75, 3.05) is 12.4 Å². The maximum Gasteiger partial charge on any atom is 0.265 e. The van der Waals surface area contributed by atoms with Crippen LogP contribution in [-0.4, -0.2) is 21.4 Å². The second kappa shape index (κ2) is 6.27. The highest BCUT2D eigenvalue weighted by molar-refractivity contribution is 9.11. The number of nitrogens with one attached hydrogen (secondary N) is 2. The molecule has 0 radical (unpaired) electrons. The smallest absolute Gasteiger partial charge is 0.265 e. The quantitative estimate of drug-likeness (QED) is 0.844. The Labute approximate surface area is 135 Å². The van der Waals surface area contributed by atoms with Crippen LogP contribution in [-0.2, 0) is 10.0 Å². The van der Waals surface area contributed by atoms with Crippen molar-refractivity contribution in [3.05, 3.63) is 44.6 Å². The van der Waals surface area contributed by atoms with E-state index < -0.39 is 10.0 Å². The van der Waals surface area contributed by atoms with Crippen LogP contribution in [0.4, 0.5) is 5.69 Å². The third-order valence-electron chi connectivity index (χ3n) is 2.80. The van der Waals surface area contributed by atoms with Gasteiger partial charge in [-0.2, -0.15) is 0 Å². The third-order valence-corrected chi connectivity index (χ3v) is 5.98. The van der Waals surface area contributed by atoms with Gasteiger partial charge in [0, 0.05) is 5.69 Å². The molecule has 0 unspecified atom stereocenters. The SMILES string of the molecule is CNS(=O)(=O)c1cc(NC(=O)c2ccc(Br)s2)ccc1C. The van der Waals surface area contributed by atoms with Crippen LogP contribution in [0, 0.1) is 6.92 Å². The molecule has 5 nitrogen and oxygen atoms in total. The van der Waals surface area contributed by atoms with Gasteiger partial charge in [0.2, 0.25) is 10.0 Å². The number of amides is 1. The number of halogens is 1. The largest absolute Gasteiger partial charge is 0.321 e. The lowest BCUT2D eigenvalue weighted by Gasteiger charge is -2.10. The third kappa shape index (κ3) is 3.70. The van der Waals surface area contributed by atoms with Gasteiger partial charge in [-0.05, 0) is 59.7 Å². The fourth-order valence-corrected chi connectivity index (χ4v) is 3.98. The highest BCUT2D eigenvalue weighted by Gasteiger charge is 2.16. The molecular weight excluding hydrogens is 376 g/mol. The number of carbonyl (C=O) groups is 1. The van der Waals surface area contributed by atoms with Crippen LogP contribution >= 0.6 is 27.3 Å². The average molecular weight is 389 g/mol. The summed E-state index contributed by atoms with van der Waals surface area (Å²) in [6.07, 6.45) is 0. The van der Waals surface area contributed by atoms with E-state index in [0.29, 0.717) is 16.1 Å². The lowest BCUT2D eigenvalue weighted by molar-refractivity contribution is 0.103. The molecule has 0 saturated carbocycles. The fourth-order valence-electron chi connectivity index (χ4n) is 1.71. The Bertz CT molecular complexity index is 784. The van der Waals surface area contributed by atoms with Crippen molar-refractivity contribution in [2.45, 2.75) is 11.8 Å². The van der Waals surface area contributed by atoms with Gasteiger partial charge in [-0.1, -0.05) is 6.07 Å². The number of thiophene rings is 1. The zero-order valence-electron chi connectivity index (χ0n) is 11.3. The Balaban J connectivity index is 2.30. The van der Waals surface area contributed by atoms with Crippen molar-refractivity contribution in [3.63, 3.8) is 0 Å². The normalized spacial score (nSPS) is 11.4. The first-order valence-electron chi connectivity index (χ1n) is 5.94. The summed E-state index contributed by atoms with van der Waals surface area (Å²) in [5.41, 5.74) is 1.05. The summed E-state index contributed by atoms with van der Waals surface area (Å²) in [5, 5.41) is 2.69. The van der Waals surface area contributed by atoms with E-state index in [9.17, 15) is 13.2 Å². The van der Waals surface area contributed by atoms with E-state index in [-0.39, 0.29) is 10.8 Å². The molecule has 0 aliphatic carbocycles. The van der Waals surface area contributed by atoms with Crippen LogP contribution in [0.1, 0.15) is 15.2 Å². The molecule has 0 spiro atoms. The van der Waals surface area contributed by atoms with E-state index in [1.165, 1.54) is 24.5 Å². The van der Waals surface area contributed by atoms with Gasteiger partial charge in [0.05, 0.1) is 13.6 Å². The molecule has 1 aromatic heterocycles. The molecule has 2 rings (SSSR count). The fraction of sp³-hybridized carbons (Fsp3) is 0.154. The number of hydrogen-bond acceptors (Lipinski definition) is 4. The molecule has 21 heavy (non-hydrogen) atoms. The molecule has 2 N–H and O–H groups in total. The first-order chi connectivity index (χ1) is 9.83. The lowest BCUT2D eigenvalue weighted by atomic mass is 10.2. The molecule has 1 aromatic carbocycles. The van der Waals surface area contributed by atoms with Gasteiger partial charge in [-0.25, -0.2) is 13.1 Å². The number of sulfonamides is 1. The summed E-state index contributed by atoms with van der Waals surface area (Å²) < 4.78 is 26.9. The Kier molecular flexibility index (Phi) is 4.82. The van der Waals surface area contributed by atoms with Crippen molar-refractivity contribution in [3.8, 4) is 0 Å². The Hall–Kier alpha value is -1.22. The zero-order chi connectivity index (χ0) is 15.6. The zero-order valence-corrected chi connectivity index (χ0v) is 14.5. The van der Waals surface area contributed by atoms with Crippen LogP contribution in [0.5, 0.6) is 0 Å². The maximum atomic E-state index is 12.1. The van der Waals surface area contributed by atoms with Gasteiger partial charge >= 0.3 is 0 Å². The van der Waals surface area contributed by atoms with Gasteiger partial charge < -0.3 is 5.32 Å². The molecule has 0 fully saturated rings. The van der Waals surface area contributed by atoms with E-state index in [0.717, 1.165) is 3.79 Å². The van der Waals surface area contributed by atoms with E-state index >= 15 is 0 Å². The van der Waals surface area contributed by atoms with Crippen LogP contribution in [0.2, 0.25) is 0 Å². The van der Waals surface area contributed by atoms with Gasteiger partial charge in [-0.3, -0.25) is 4.79 Å². The molecule has 112 valence electrons. The van der Waals surface area contributed by atoms with Crippen LogP contribution < -0.4 is 10.0 Å². The predicted octanol–water partition coefficient (Wildman–Crippen LogP) is 2.98. The topological polar surface area (TPSA) is 75.3 Å². The molecule has 1 amide bonds. The molecule has 0 bridgehead atoms. The number of carbonyl (C=O) groups excluding carboxylic acids is 1. The van der Waals surface area contributed by atoms with E-state index in [1.54, 1.807) is 31.2 Å². The van der Waals surface area contributed by atoms with Crippen LogP contribution in [0.25, 0.3) is 0 Å². The van der Waals surface area contributed by atoms with Crippen LogP contribution in [0.15, 0.2) is 39.0 Å². The minimum absolute atomic E-state index is 0.148. The molecule has 0 atom stereocenters. The summed E-state index contributed by atoms with van der Waals surface area (Å²) in [6, 6.07) is 8.26. The van der Waals surface area contributed by atoms with E-state index in [2.05, 4.69) is 26.0 Å². The minimum Gasteiger partial charge on any atom is -0.321 e. The second-order valence-electron chi connectivity index (χ2n) is 4.25. The van der Waals surface area contributed by atoms with Crippen molar-refractivity contribution >= 4 is 48.9 Å².